The molecular formula is C5H7NO6P2. The quantitative estimate of drug-likeness (QED) is 0.487. The Morgan fingerprint density at radius 2 is 1.86 bits per heavy atom. The fourth-order valence-corrected chi connectivity index (χ4v) is 1.99. The summed E-state index contributed by atoms with van der Waals surface area (Å²) in [6.45, 7) is 0. The van der Waals surface area contributed by atoms with Crippen LogP contribution in [0.25, 0.3) is 0 Å². The van der Waals surface area contributed by atoms with Crippen LogP contribution in [-0.4, -0.2) is 14.7 Å². The van der Waals surface area contributed by atoms with Crippen LogP contribution in [0.1, 0.15) is 0 Å². The molecule has 0 fully saturated rings. The Morgan fingerprint density at radius 1 is 1.29 bits per heavy atom. The van der Waals surface area contributed by atoms with Gasteiger partial charge in [0, 0.05) is 12.1 Å². The largest absolute Gasteiger partial charge is 0.771 e. The number of nitrogens with one attached hydrogen (secondary N) is 1. The smallest absolute Gasteiger partial charge is 0.356 e. The lowest BCUT2D eigenvalue weighted by Gasteiger charge is -2.10. The standard InChI is InChI=1S/C5H7NO6P2/c7-13(8,9)4-1-2-6-5(3-4)14(10,11)12/h1-3H,(H2,7,8,9)(H2,10,11,12). The zero-order valence-corrected chi connectivity index (χ0v) is 8.48. The van der Waals surface area contributed by atoms with Gasteiger partial charge in [0.1, 0.15) is 0 Å². The Balaban J connectivity index is 3.29. The van der Waals surface area contributed by atoms with Crippen LogP contribution in [0, 0.1) is 0 Å². The van der Waals surface area contributed by atoms with Gasteiger partial charge in [0.15, 0.2) is 6.20 Å². The van der Waals surface area contributed by atoms with Crippen molar-refractivity contribution in [3.63, 3.8) is 0 Å². The van der Waals surface area contributed by atoms with Gasteiger partial charge in [0.05, 0.1) is 5.30 Å². The third-order valence-electron chi connectivity index (χ3n) is 1.41. The molecule has 14 heavy (non-hydrogen) atoms. The molecule has 4 N–H and O–H groups in total. The molecule has 0 saturated heterocycles. The maximum absolute atomic E-state index is 10.7. The molecule has 0 aliphatic rings. The van der Waals surface area contributed by atoms with E-state index in [0.717, 1.165) is 12.3 Å². The van der Waals surface area contributed by atoms with Crippen molar-refractivity contribution in [3.8, 4) is 0 Å². The second-order valence-electron chi connectivity index (χ2n) is 2.50. The minimum atomic E-state index is -4.76. The lowest BCUT2D eigenvalue weighted by Crippen LogP contribution is -2.33. The molecule has 1 aromatic rings. The third-order valence-corrected chi connectivity index (χ3v) is 3.23. The molecule has 1 unspecified atom stereocenters. The average molecular weight is 239 g/mol. The number of aromatic nitrogens is 1. The fraction of sp³-hybridized carbons (Fsp3) is 0. The van der Waals surface area contributed by atoms with Gasteiger partial charge in [0.2, 0.25) is 7.60 Å². The molecule has 78 valence electrons. The molecule has 1 rings (SSSR count). The van der Waals surface area contributed by atoms with Crippen molar-refractivity contribution in [2.45, 2.75) is 0 Å². The number of hydrogen-bond acceptors (Lipinski definition) is 3. The molecule has 1 heterocycles. The summed E-state index contributed by atoms with van der Waals surface area (Å²) < 4.78 is 21.3. The number of rotatable bonds is 2. The van der Waals surface area contributed by atoms with Gasteiger partial charge >= 0.3 is 7.60 Å². The summed E-state index contributed by atoms with van der Waals surface area (Å²) in [4.78, 5) is 38.8. The summed E-state index contributed by atoms with van der Waals surface area (Å²) in [6, 6.07) is 1.72. The molecule has 0 saturated carbocycles. The lowest BCUT2D eigenvalue weighted by atomic mass is 10.5. The van der Waals surface area contributed by atoms with Crippen molar-refractivity contribution < 1.29 is 33.7 Å². The maximum Gasteiger partial charge on any atom is 0.356 e. The van der Waals surface area contributed by atoms with Gasteiger partial charge in [-0.3, -0.25) is 9.13 Å². The summed E-state index contributed by atoms with van der Waals surface area (Å²) in [5.41, 5.74) is -0.640. The summed E-state index contributed by atoms with van der Waals surface area (Å²) >= 11 is 0. The topological polar surface area (TPSA) is 132 Å². The van der Waals surface area contributed by atoms with E-state index in [1.54, 1.807) is 0 Å². The summed E-state index contributed by atoms with van der Waals surface area (Å²) in [7, 11) is -9.27. The SMILES string of the molecule is O=P([O-])(O)c1cc(P(=O)(O)O)cc[nH+]1. The molecule has 0 bridgehead atoms. The molecule has 1 aromatic heterocycles. The van der Waals surface area contributed by atoms with Gasteiger partial charge in [-0.25, -0.2) is 4.98 Å². The first-order valence-corrected chi connectivity index (χ1v) is 6.52. The number of pyridine rings is 1. The Hall–Kier alpha value is -0.550. The molecule has 1 atom stereocenters. The van der Waals surface area contributed by atoms with Crippen molar-refractivity contribution in [3.05, 3.63) is 18.3 Å². The molecule has 0 spiro atoms. The van der Waals surface area contributed by atoms with E-state index < -0.39 is 25.9 Å². The fourth-order valence-electron chi connectivity index (χ4n) is 0.787. The normalized spacial score (nSPS) is 16.3. The first-order valence-electron chi connectivity index (χ1n) is 3.33. The minimum Gasteiger partial charge on any atom is -0.771 e. The molecule has 7 nitrogen and oxygen atoms in total. The second-order valence-corrected chi connectivity index (χ2v) is 5.62. The molecule has 0 aromatic carbocycles. The highest BCUT2D eigenvalue weighted by molar-refractivity contribution is 7.61. The van der Waals surface area contributed by atoms with Crippen LogP contribution in [0.3, 0.4) is 0 Å². The van der Waals surface area contributed by atoms with Crippen molar-refractivity contribution in [2.24, 2.45) is 0 Å². The van der Waals surface area contributed by atoms with Gasteiger partial charge in [-0.05, 0) is 0 Å². The molecule has 9 heteroatoms. The van der Waals surface area contributed by atoms with Crippen LogP contribution in [-0.2, 0) is 9.13 Å². The summed E-state index contributed by atoms with van der Waals surface area (Å²) in [6.07, 6.45) is 1.02. The van der Waals surface area contributed by atoms with Gasteiger partial charge in [-0.1, -0.05) is 0 Å². The van der Waals surface area contributed by atoms with E-state index >= 15 is 0 Å². The highest BCUT2D eigenvalue weighted by Crippen LogP contribution is 2.33. The van der Waals surface area contributed by atoms with E-state index in [0.29, 0.717) is 6.07 Å². The predicted octanol–water partition coefficient (Wildman–Crippen LogP) is -2.53. The monoisotopic (exact) mass is 239 g/mol. The first kappa shape index (κ1) is 11.5. The van der Waals surface area contributed by atoms with Gasteiger partial charge in [-0.15, -0.1) is 0 Å². The molecule has 0 aliphatic heterocycles. The van der Waals surface area contributed by atoms with Gasteiger partial charge < -0.3 is 19.6 Å². The number of aromatic amines is 1. The Labute approximate surface area is 78.8 Å². The molecule has 0 amide bonds. The van der Waals surface area contributed by atoms with Crippen LogP contribution in [0.15, 0.2) is 18.3 Å². The van der Waals surface area contributed by atoms with Crippen LogP contribution >= 0.6 is 15.2 Å². The Bertz CT molecular complexity index is 396. The van der Waals surface area contributed by atoms with E-state index in [1.807, 2.05) is 0 Å². The zero-order chi connectivity index (χ0) is 11.0. The van der Waals surface area contributed by atoms with E-state index in [4.69, 9.17) is 14.7 Å². The van der Waals surface area contributed by atoms with E-state index in [-0.39, 0.29) is 0 Å². The zero-order valence-electron chi connectivity index (χ0n) is 6.69. The van der Waals surface area contributed by atoms with Crippen molar-refractivity contribution in [1.29, 1.82) is 0 Å². The van der Waals surface area contributed by atoms with Crippen LogP contribution in [0.2, 0.25) is 0 Å². The summed E-state index contributed by atoms with van der Waals surface area (Å²) in [5, 5.41) is -0.476. The van der Waals surface area contributed by atoms with Crippen molar-refractivity contribution in [1.82, 2.24) is 0 Å². The Morgan fingerprint density at radius 3 is 2.29 bits per heavy atom. The highest BCUT2D eigenvalue weighted by atomic mass is 31.2. The van der Waals surface area contributed by atoms with Crippen LogP contribution in [0.4, 0.5) is 0 Å². The van der Waals surface area contributed by atoms with Crippen molar-refractivity contribution in [2.75, 3.05) is 0 Å². The lowest BCUT2D eigenvalue weighted by molar-refractivity contribution is -0.361. The van der Waals surface area contributed by atoms with Gasteiger partial charge in [0.25, 0.3) is 5.44 Å². The average Bonchev–Trinajstić information content (AvgIpc) is 2.01. The number of H-pyrrole nitrogens is 1. The number of hydrogen-bond donors (Lipinski definition) is 3. The third kappa shape index (κ3) is 2.72. The highest BCUT2D eigenvalue weighted by Gasteiger charge is 2.23. The second kappa shape index (κ2) is 3.55. The first-order chi connectivity index (χ1) is 6.21. The van der Waals surface area contributed by atoms with E-state index in [9.17, 15) is 14.0 Å². The molecule has 0 aliphatic carbocycles. The predicted molar refractivity (Wildman–Crippen MR) is 44.1 cm³/mol. The van der Waals surface area contributed by atoms with E-state index in [1.165, 1.54) is 0 Å². The minimum absolute atomic E-state index is 0.476. The maximum atomic E-state index is 10.7. The van der Waals surface area contributed by atoms with Crippen LogP contribution < -0.4 is 20.6 Å². The Kier molecular flexibility index (Phi) is 2.92. The van der Waals surface area contributed by atoms with Crippen LogP contribution in [0.5, 0.6) is 0 Å². The summed E-state index contributed by atoms with van der Waals surface area (Å²) in [5.74, 6) is 0. The van der Waals surface area contributed by atoms with Gasteiger partial charge in [-0.2, -0.15) is 0 Å². The molecule has 0 radical (unpaired) electrons. The van der Waals surface area contributed by atoms with Crippen molar-refractivity contribution >= 4 is 25.9 Å². The van der Waals surface area contributed by atoms with E-state index in [2.05, 4.69) is 4.98 Å². The molecular weight excluding hydrogens is 232 g/mol.